The van der Waals surface area contributed by atoms with Gasteiger partial charge in [0.1, 0.15) is 12.4 Å². The number of fused-ring (bicyclic) bond motifs is 2. The molecule has 5 aromatic carbocycles. The highest BCUT2D eigenvalue weighted by Crippen LogP contribution is 2.42. The molecular weight excluding hydrogens is 895 g/mol. The van der Waals surface area contributed by atoms with Crippen molar-refractivity contribution in [1.29, 1.82) is 0 Å². The van der Waals surface area contributed by atoms with E-state index in [-0.39, 0.29) is 41.1 Å². The fraction of sp³-hybridized carbons (Fsp3) is 0.316. The van der Waals surface area contributed by atoms with Gasteiger partial charge in [-0.25, -0.2) is 9.59 Å². The van der Waals surface area contributed by atoms with E-state index in [1.54, 1.807) is 12.1 Å². The van der Waals surface area contributed by atoms with Crippen molar-refractivity contribution >= 4 is 54.1 Å². The number of amides is 2. The van der Waals surface area contributed by atoms with Gasteiger partial charge >= 0.3 is 12.2 Å². The van der Waals surface area contributed by atoms with Crippen molar-refractivity contribution in [3.05, 3.63) is 172 Å². The lowest BCUT2D eigenvalue weighted by molar-refractivity contribution is 0.132. The first kappa shape index (κ1) is 49.5. The van der Waals surface area contributed by atoms with Crippen molar-refractivity contribution in [3.8, 4) is 16.9 Å². The predicted molar refractivity (Wildman–Crippen MR) is 283 cm³/mol. The number of aromatic amines is 1. The number of carbonyl (C=O) groups is 2. The fourth-order valence-electron chi connectivity index (χ4n) is 9.20. The van der Waals surface area contributed by atoms with Gasteiger partial charge in [-0.3, -0.25) is 9.69 Å². The van der Waals surface area contributed by atoms with Gasteiger partial charge in [0, 0.05) is 60.4 Å². The molecule has 0 bridgehead atoms. The van der Waals surface area contributed by atoms with E-state index < -0.39 is 20.5 Å². The maximum Gasteiger partial charge on any atom is 0.412 e. The number of hydrogen-bond acceptors (Lipinski definition) is 7. The van der Waals surface area contributed by atoms with Gasteiger partial charge < -0.3 is 39.6 Å². The summed E-state index contributed by atoms with van der Waals surface area (Å²) in [4.78, 5) is 42.3. The Morgan fingerprint density at radius 3 is 2.36 bits per heavy atom. The number of anilines is 1. The third kappa shape index (κ3) is 11.9. The van der Waals surface area contributed by atoms with Crippen LogP contribution in [-0.4, -0.2) is 58.9 Å². The Morgan fingerprint density at radius 1 is 0.886 bits per heavy atom. The van der Waals surface area contributed by atoms with Crippen LogP contribution in [0, 0.1) is 0 Å². The van der Waals surface area contributed by atoms with Crippen LogP contribution in [0.5, 0.6) is 5.75 Å². The van der Waals surface area contributed by atoms with Crippen molar-refractivity contribution in [2.45, 2.75) is 109 Å². The van der Waals surface area contributed by atoms with Crippen LogP contribution in [0.15, 0.2) is 144 Å². The van der Waals surface area contributed by atoms with E-state index in [4.69, 9.17) is 9.16 Å². The highest BCUT2D eigenvalue weighted by atomic mass is 28.4. The number of hydrogen-bond donors (Lipinski definition) is 5. The second-order valence-corrected chi connectivity index (χ2v) is 24.6. The van der Waals surface area contributed by atoms with Crippen molar-refractivity contribution in [1.82, 2.24) is 20.2 Å². The summed E-state index contributed by atoms with van der Waals surface area (Å²) >= 11 is 0. The van der Waals surface area contributed by atoms with Crippen LogP contribution in [0.1, 0.15) is 81.2 Å². The molecule has 1 atom stereocenters. The molecule has 0 radical (unpaired) electrons. The molecule has 0 aliphatic heterocycles. The van der Waals surface area contributed by atoms with Crippen LogP contribution in [-0.2, 0) is 28.9 Å². The minimum atomic E-state index is -2.23. The highest BCUT2D eigenvalue weighted by Gasteiger charge is 2.40. The number of nitrogens with zero attached hydrogens (tertiary/aromatic N) is 2. The highest BCUT2D eigenvalue weighted by molar-refractivity contribution is 6.74. The minimum absolute atomic E-state index is 0.0220. The van der Waals surface area contributed by atoms with Crippen LogP contribution in [0.3, 0.4) is 0 Å². The number of nitrogens with one attached hydrogen (secondary N) is 3. The van der Waals surface area contributed by atoms with Gasteiger partial charge in [-0.2, -0.15) is 0 Å². The van der Waals surface area contributed by atoms with Gasteiger partial charge in [0.2, 0.25) is 5.56 Å². The third-order valence-electron chi connectivity index (χ3n) is 14.0. The monoisotopic (exact) mass is 959 g/mol. The molecular formula is C57H65N5O7Si. The average molecular weight is 960 g/mol. The topological polar surface area (TPSA) is 158 Å². The number of phenolic OH excluding ortho intramolecular Hbond substituents is 1. The van der Waals surface area contributed by atoms with Crippen molar-refractivity contribution < 1.29 is 29.0 Å². The number of phenols is 1. The standard InChI is InChI=1S/C57H65N5O7Si/c1-57(2,3)70(4,5)69-52(47-26-29-51(63)54-48(47)27-30-53(64)60-54)37-58-36-41-20-28-49-43(34-41)31-33-61(49)32-13-12-14-39-19-25-46(42-17-10-7-11-18-42)50(35-39)62(56(66)67)45-23-21-44(22-24-45)59-55(65)68-38-40-15-8-6-9-16-40/h6-12,14-20,25-31,33-35,44-45,52,58,63H,13,21-24,32,36-38H2,1-5H3,(H,59,65)(H,60,64)(H,66,67)/b14-12+/t44?,45?,52-/m0/s1. The van der Waals surface area contributed by atoms with Crippen molar-refractivity contribution in [2.75, 3.05) is 11.4 Å². The van der Waals surface area contributed by atoms with Gasteiger partial charge in [-0.1, -0.05) is 118 Å². The van der Waals surface area contributed by atoms with E-state index in [0.29, 0.717) is 50.0 Å². The molecule has 1 saturated carbocycles. The molecule has 5 N–H and O–H groups in total. The van der Waals surface area contributed by atoms with E-state index in [1.807, 2.05) is 84.9 Å². The van der Waals surface area contributed by atoms with E-state index >= 15 is 0 Å². The third-order valence-corrected chi connectivity index (χ3v) is 18.5. The number of carboxylic acid groups (broad SMARTS) is 1. The molecule has 1 aliphatic rings. The number of ether oxygens (including phenoxy) is 1. The lowest BCUT2D eigenvalue weighted by Gasteiger charge is -2.39. The Morgan fingerprint density at radius 2 is 1.63 bits per heavy atom. The van der Waals surface area contributed by atoms with Crippen molar-refractivity contribution in [3.63, 3.8) is 0 Å². The predicted octanol–water partition coefficient (Wildman–Crippen LogP) is 12.5. The summed E-state index contributed by atoms with van der Waals surface area (Å²) in [7, 11) is -2.23. The number of aromatic nitrogens is 2. The summed E-state index contributed by atoms with van der Waals surface area (Å²) in [6.45, 7) is 13.2. The number of aromatic hydroxyl groups is 1. The number of benzene rings is 5. The maximum atomic E-state index is 13.2. The minimum Gasteiger partial charge on any atom is -0.506 e. The molecule has 2 amide bonds. The van der Waals surface area contributed by atoms with E-state index in [1.165, 1.54) is 11.0 Å². The van der Waals surface area contributed by atoms with Gasteiger partial charge in [0.15, 0.2) is 8.32 Å². The van der Waals surface area contributed by atoms with Gasteiger partial charge in [0.25, 0.3) is 0 Å². The second kappa shape index (κ2) is 21.8. The molecule has 70 heavy (non-hydrogen) atoms. The summed E-state index contributed by atoms with van der Waals surface area (Å²) in [5.41, 5.74) is 7.61. The molecule has 7 aromatic rings. The molecule has 12 nitrogen and oxygen atoms in total. The molecule has 364 valence electrons. The summed E-state index contributed by atoms with van der Waals surface area (Å²) in [5, 5.41) is 29.9. The molecule has 13 heteroatoms. The zero-order chi connectivity index (χ0) is 49.4. The van der Waals surface area contributed by atoms with E-state index in [2.05, 4.69) is 96.7 Å². The number of pyridine rings is 1. The SMILES string of the molecule is CC(C)(C)[Si](C)(C)O[C@@H](CNCc1ccc2c(ccn2CC/C=C/c2ccc(-c3ccccc3)c(N(C(=O)O)C3CCC(NC(=O)OCc4ccccc4)CC3)c2)c1)c1ccc(O)c2[nH]c(=O)ccc12. The van der Waals surface area contributed by atoms with Crippen LogP contribution in [0.25, 0.3) is 39.0 Å². The quantitative estimate of drug-likeness (QED) is 0.0565. The summed E-state index contributed by atoms with van der Waals surface area (Å²) in [5.74, 6) is 0.0285. The molecule has 2 heterocycles. The largest absolute Gasteiger partial charge is 0.506 e. The first-order valence-corrected chi connectivity index (χ1v) is 27.2. The van der Waals surface area contributed by atoms with E-state index in [9.17, 15) is 24.6 Å². The van der Waals surface area contributed by atoms with Crippen molar-refractivity contribution in [2.24, 2.45) is 0 Å². The molecule has 0 saturated heterocycles. The fourth-order valence-corrected chi connectivity index (χ4v) is 10.5. The Hall–Kier alpha value is -6.93. The zero-order valence-corrected chi connectivity index (χ0v) is 41.8. The summed E-state index contributed by atoms with van der Waals surface area (Å²) in [6.07, 6.45) is 7.80. The molecule has 0 spiro atoms. The molecule has 8 rings (SSSR count). The number of H-pyrrole nitrogens is 1. The van der Waals surface area contributed by atoms with Crippen LogP contribution < -0.4 is 21.1 Å². The normalized spacial score (nSPS) is 15.8. The Kier molecular flexibility index (Phi) is 15.4. The van der Waals surface area contributed by atoms with E-state index in [0.717, 1.165) is 62.6 Å². The summed E-state index contributed by atoms with van der Waals surface area (Å²) in [6, 6.07) is 40.6. The molecule has 1 fully saturated rings. The molecule has 1 aliphatic carbocycles. The number of aryl methyl sites for hydroxylation is 1. The average Bonchev–Trinajstić information content (AvgIpc) is 3.75. The summed E-state index contributed by atoms with van der Waals surface area (Å²) < 4.78 is 14.7. The van der Waals surface area contributed by atoms with Crippen LogP contribution in [0.2, 0.25) is 18.1 Å². The zero-order valence-electron chi connectivity index (χ0n) is 40.8. The molecule has 0 unspecified atom stereocenters. The number of carbonyl (C=O) groups excluding carboxylic acids is 1. The van der Waals surface area contributed by atoms with Crippen LogP contribution >= 0.6 is 0 Å². The Balaban J connectivity index is 0.909. The van der Waals surface area contributed by atoms with Gasteiger partial charge in [-0.15, -0.1) is 0 Å². The van der Waals surface area contributed by atoms with Gasteiger partial charge in [-0.05, 0) is 120 Å². The lowest BCUT2D eigenvalue weighted by atomic mass is 9.89. The maximum absolute atomic E-state index is 13.2. The second-order valence-electron chi connectivity index (χ2n) is 19.9. The van der Waals surface area contributed by atoms with Gasteiger partial charge in [0.05, 0.1) is 17.3 Å². The van der Waals surface area contributed by atoms with Crippen LogP contribution in [0.4, 0.5) is 15.3 Å². The smallest absolute Gasteiger partial charge is 0.412 e. The Bertz CT molecular complexity index is 3010. The molecule has 2 aromatic heterocycles. The number of rotatable bonds is 17. The first-order chi connectivity index (χ1) is 33.6. The lowest BCUT2D eigenvalue weighted by Crippen LogP contribution is -2.46. The Labute approximate surface area is 411 Å². The number of allylic oxidation sites excluding steroid dienone is 1. The number of alkyl carbamates (subject to hydrolysis) is 1. The first-order valence-electron chi connectivity index (χ1n) is 24.3.